The van der Waals surface area contributed by atoms with Crippen molar-refractivity contribution in [3.8, 4) is 11.7 Å². The van der Waals surface area contributed by atoms with Crippen LogP contribution in [0.5, 0.6) is 5.88 Å². The van der Waals surface area contributed by atoms with Gasteiger partial charge in [-0.25, -0.2) is 9.67 Å². The molecule has 0 aromatic carbocycles. The molecule has 3 aromatic heterocycles. The first-order valence-electron chi connectivity index (χ1n) is 11.0. The summed E-state index contributed by atoms with van der Waals surface area (Å²) in [5, 5.41) is 19.0. The molecule has 168 valence electrons. The lowest BCUT2D eigenvalue weighted by atomic mass is 10.2. The second-order valence-electron chi connectivity index (χ2n) is 8.08. The number of nitrogens with zero attached hydrogens (tertiary/aromatic N) is 5. The van der Waals surface area contributed by atoms with Gasteiger partial charge in [-0.1, -0.05) is 0 Å². The van der Waals surface area contributed by atoms with Crippen LogP contribution in [-0.4, -0.2) is 50.1 Å². The molecule has 1 saturated carbocycles. The molecule has 2 N–H and O–H groups in total. The third kappa shape index (κ3) is 5.04. The fraction of sp³-hybridized carbons (Fsp3) is 0.435. The Morgan fingerprint density at radius 3 is 2.53 bits per heavy atom. The average molecular weight is 436 g/mol. The number of rotatable bonds is 8. The first kappa shape index (κ1) is 21.7. The van der Waals surface area contributed by atoms with Crippen LogP contribution in [-0.2, 0) is 0 Å². The van der Waals surface area contributed by atoms with Gasteiger partial charge in [0.25, 0.3) is 5.91 Å². The van der Waals surface area contributed by atoms with E-state index in [4.69, 9.17) is 4.74 Å². The summed E-state index contributed by atoms with van der Waals surface area (Å²) in [7, 11) is 0. The van der Waals surface area contributed by atoms with Gasteiger partial charge >= 0.3 is 0 Å². The molecule has 3 aromatic rings. The summed E-state index contributed by atoms with van der Waals surface area (Å²) in [4.78, 5) is 16.6. The molecule has 9 nitrogen and oxygen atoms in total. The van der Waals surface area contributed by atoms with Crippen LogP contribution in [0, 0.1) is 20.8 Å². The van der Waals surface area contributed by atoms with Gasteiger partial charge in [0.2, 0.25) is 5.88 Å². The fourth-order valence-corrected chi connectivity index (χ4v) is 3.71. The fourth-order valence-electron chi connectivity index (χ4n) is 3.71. The molecule has 0 spiro atoms. The highest BCUT2D eigenvalue weighted by Crippen LogP contribution is 2.22. The highest BCUT2D eigenvalue weighted by atomic mass is 16.5. The van der Waals surface area contributed by atoms with Gasteiger partial charge in [0.05, 0.1) is 11.3 Å². The van der Waals surface area contributed by atoms with Gasteiger partial charge in [-0.15, -0.1) is 10.2 Å². The van der Waals surface area contributed by atoms with Gasteiger partial charge in [0.15, 0.2) is 5.82 Å². The van der Waals surface area contributed by atoms with Crippen LogP contribution in [0.1, 0.15) is 53.0 Å². The number of ether oxygens (including phenoxy) is 1. The molecule has 32 heavy (non-hydrogen) atoms. The highest BCUT2D eigenvalue weighted by molar-refractivity contribution is 5.93. The van der Waals surface area contributed by atoms with Crippen molar-refractivity contribution in [3.05, 3.63) is 53.0 Å². The molecule has 1 aliphatic carbocycles. The predicted molar refractivity (Wildman–Crippen MR) is 121 cm³/mol. The predicted octanol–water partition coefficient (Wildman–Crippen LogP) is 3.15. The molecule has 0 aliphatic heterocycles. The van der Waals surface area contributed by atoms with Crippen LogP contribution in [0.2, 0.25) is 0 Å². The van der Waals surface area contributed by atoms with Gasteiger partial charge in [0, 0.05) is 31.0 Å². The van der Waals surface area contributed by atoms with Gasteiger partial charge in [-0.05, 0) is 70.2 Å². The zero-order chi connectivity index (χ0) is 22.5. The van der Waals surface area contributed by atoms with E-state index in [0.717, 1.165) is 29.8 Å². The van der Waals surface area contributed by atoms with E-state index in [1.54, 1.807) is 23.0 Å². The van der Waals surface area contributed by atoms with Crippen molar-refractivity contribution in [2.24, 2.45) is 0 Å². The Bertz CT molecular complexity index is 1060. The molecule has 0 unspecified atom stereocenters. The number of pyridine rings is 1. The topological polar surface area (TPSA) is 107 Å². The lowest BCUT2D eigenvalue weighted by Crippen LogP contribution is -2.29. The van der Waals surface area contributed by atoms with Crippen LogP contribution in [0.15, 0.2) is 30.5 Å². The number of carbonyl (C=O) groups is 1. The van der Waals surface area contributed by atoms with E-state index >= 15 is 0 Å². The second kappa shape index (κ2) is 9.76. The normalized spacial score (nSPS) is 13.8. The lowest BCUT2D eigenvalue weighted by molar-refractivity contribution is 0.0954. The number of hydrogen-bond donors (Lipinski definition) is 2. The summed E-state index contributed by atoms with van der Waals surface area (Å²) in [5.74, 6) is 1.71. The summed E-state index contributed by atoms with van der Waals surface area (Å²) in [6.07, 6.45) is 6.37. The van der Waals surface area contributed by atoms with E-state index in [1.807, 2.05) is 32.9 Å². The average Bonchev–Trinajstić information content (AvgIpc) is 3.41. The number of aryl methyl sites for hydroxylation is 1. The monoisotopic (exact) mass is 435 g/mol. The molecule has 1 amide bonds. The number of aromatic nitrogens is 5. The Kier molecular flexibility index (Phi) is 6.63. The van der Waals surface area contributed by atoms with E-state index in [2.05, 4.69) is 30.9 Å². The van der Waals surface area contributed by atoms with Crippen LogP contribution in [0.4, 0.5) is 5.82 Å². The molecular weight excluding hydrogens is 406 g/mol. The SMILES string of the molecule is Cc1nn(-c2ccc(NCCNC(=O)c3ccc(OC4CCCC4)nc3)nn2)c(C)c1C. The third-order valence-corrected chi connectivity index (χ3v) is 5.83. The maximum atomic E-state index is 12.3. The largest absolute Gasteiger partial charge is 0.474 e. The summed E-state index contributed by atoms with van der Waals surface area (Å²) in [6.45, 7) is 7.00. The Morgan fingerprint density at radius 1 is 1.09 bits per heavy atom. The highest BCUT2D eigenvalue weighted by Gasteiger charge is 2.17. The minimum absolute atomic E-state index is 0.173. The summed E-state index contributed by atoms with van der Waals surface area (Å²) in [6, 6.07) is 7.22. The molecule has 0 saturated heterocycles. The van der Waals surface area contributed by atoms with Crippen LogP contribution in [0.3, 0.4) is 0 Å². The first-order chi connectivity index (χ1) is 15.5. The van der Waals surface area contributed by atoms with E-state index in [9.17, 15) is 4.79 Å². The number of amides is 1. The van der Waals surface area contributed by atoms with Gasteiger partial charge in [0.1, 0.15) is 11.9 Å². The first-order valence-corrected chi connectivity index (χ1v) is 11.0. The van der Waals surface area contributed by atoms with E-state index in [-0.39, 0.29) is 12.0 Å². The van der Waals surface area contributed by atoms with Crippen molar-refractivity contribution < 1.29 is 9.53 Å². The van der Waals surface area contributed by atoms with Crippen molar-refractivity contribution in [2.45, 2.75) is 52.6 Å². The van der Waals surface area contributed by atoms with Crippen molar-refractivity contribution in [1.29, 1.82) is 0 Å². The summed E-state index contributed by atoms with van der Waals surface area (Å²) < 4.78 is 7.63. The number of carbonyl (C=O) groups excluding carboxylic acids is 1. The standard InChI is InChI=1S/C23H29N7O2/c1-15-16(2)29-30(17(15)3)21-10-9-20(27-28-21)24-12-13-25-23(31)18-8-11-22(26-14-18)32-19-6-4-5-7-19/h8-11,14,19H,4-7,12-13H2,1-3H3,(H,24,27)(H,25,31). The van der Waals surface area contributed by atoms with Crippen molar-refractivity contribution in [2.75, 3.05) is 18.4 Å². The van der Waals surface area contributed by atoms with Crippen molar-refractivity contribution >= 4 is 11.7 Å². The minimum Gasteiger partial charge on any atom is -0.474 e. The lowest BCUT2D eigenvalue weighted by Gasteiger charge is -2.12. The van der Waals surface area contributed by atoms with E-state index < -0.39 is 0 Å². The quantitative estimate of drug-likeness (QED) is 0.524. The molecule has 9 heteroatoms. The number of hydrogen-bond acceptors (Lipinski definition) is 7. The Balaban J connectivity index is 1.22. The molecule has 4 rings (SSSR count). The Labute approximate surface area is 187 Å². The van der Waals surface area contributed by atoms with Crippen molar-refractivity contribution in [1.82, 2.24) is 30.3 Å². The zero-order valence-corrected chi connectivity index (χ0v) is 18.8. The molecule has 1 aliphatic rings. The molecule has 0 radical (unpaired) electrons. The van der Waals surface area contributed by atoms with Crippen LogP contribution >= 0.6 is 0 Å². The van der Waals surface area contributed by atoms with Gasteiger partial charge in [-0.2, -0.15) is 5.10 Å². The molecule has 3 heterocycles. The Hall–Kier alpha value is -3.49. The molecule has 0 bridgehead atoms. The minimum atomic E-state index is -0.173. The second-order valence-corrected chi connectivity index (χ2v) is 8.08. The zero-order valence-electron chi connectivity index (χ0n) is 18.8. The maximum absolute atomic E-state index is 12.3. The molecular formula is C23H29N7O2. The number of nitrogens with one attached hydrogen (secondary N) is 2. The van der Waals surface area contributed by atoms with E-state index in [0.29, 0.717) is 36.2 Å². The van der Waals surface area contributed by atoms with E-state index in [1.165, 1.54) is 12.8 Å². The maximum Gasteiger partial charge on any atom is 0.252 e. The molecule has 0 atom stereocenters. The molecule has 1 fully saturated rings. The summed E-state index contributed by atoms with van der Waals surface area (Å²) in [5.41, 5.74) is 3.69. The van der Waals surface area contributed by atoms with Crippen LogP contribution < -0.4 is 15.4 Å². The third-order valence-electron chi connectivity index (χ3n) is 5.83. The smallest absolute Gasteiger partial charge is 0.252 e. The van der Waals surface area contributed by atoms with Crippen LogP contribution in [0.25, 0.3) is 5.82 Å². The van der Waals surface area contributed by atoms with Crippen molar-refractivity contribution in [3.63, 3.8) is 0 Å². The number of anilines is 1. The van der Waals surface area contributed by atoms with Gasteiger partial charge in [-0.3, -0.25) is 4.79 Å². The Morgan fingerprint density at radius 2 is 1.91 bits per heavy atom. The van der Waals surface area contributed by atoms with Gasteiger partial charge < -0.3 is 15.4 Å². The summed E-state index contributed by atoms with van der Waals surface area (Å²) >= 11 is 0.